The molecule has 0 saturated carbocycles. The molecule has 0 fully saturated rings. The number of aryl methyl sites for hydroxylation is 1. The molecule has 1 aromatic rings. The smallest absolute Gasteiger partial charge is 0.0880 e. The quantitative estimate of drug-likeness (QED) is 0.501. The second-order valence-corrected chi connectivity index (χ2v) is 1.79. The molecule has 0 unspecified atom stereocenters. The van der Waals surface area contributed by atoms with E-state index < -0.39 is 5.97 Å². The van der Waals surface area contributed by atoms with E-state index in [1.165, 1.54) is 10.6 Å². The Morgan fingerprint density at radius 2 is 2.44 bits per heavy atom. The van der Waals surface area contributed by atoms with E-state index in [0.717, 1.165) is 0 Å². The number of rotatable bonds is 1. The van der Waals surface area contributed by atoms with E-state index in [2.05, 4.69) is 0 Å². The lowest BCUT2D eigenvalue weighted by Gasteiger charge is -2.01. The Labute approximate surface area is 52.5 Å². The van der Waals surface area contributed by atoms with Crippen LogP contribution in [-0.4, -0.2) is 10.5 Å². The molecule has 0 atom stereocenters. The molecule has 0 N–H and O–H groups in total. The summed E-state index contributed by atoms with van der Waals surface area (Å²) in [6.45, 7) is 0. The lowest BCUT2D eigenvalue weighted by atomic mass is 10.4. The predicted molar refractivity (Wildman–Crippen MR) is 29.7 cm³/mol. The van der Waals surface area contributed by atoms with Crippen molar-refractivity contribution >= 4 is 5.97 Å². The number of carboxylic acid groups (broad SMARTS) is 1. The Balaban J connectivity index is 3.08. The van der Waals surface area contributed by atoms with Gasteiger partial charge in [-0.2, -0.15) is 0 Å². The molecular weight excluding hydrogens is 118 g/mol. The number of carbonyl (C=O) groups is 1. The van der Waals surface area contributed by atoms with Crippen LogP contribution in [0, 0.1) is 0 Å². The molecule has 0 radical (unpaired) electrons. The van der Waals surface area contributed by atoms with Gasteiger partial charge in [-0.1, -0.05) is 0 Å². The Bertz CT molecular complexity index is 227. The van der Waals surface area contributed by atoms with Gasteiger partial charge >= 0.3 is 0 Å². The van der Waals surface area contributed by atoms with E-state index in [-0.39, 0.29) is 5.69 Å². The maximum absolute atomic E-state index is 10.2. The third-order valence-corrected chi connectivity index (χ3v) is 1.15. The molecule has 0 aliphatic rings. The van der Waals surface area contributed by atoms with Crippen LogP contribution in [0.25, 0.3) is 0 Å². The molecule has 0 aliphatic heterocycles. The van der Waals surface area contributed by atoms with Gasteiger partial charge in [0.25, 0.3) is 0 Å². The van der Waals surface area contributed by atoms with Gasteiger partial charge < -0.3 is 14.5 Å². The summed E-state index contributed by atoms with van der Waals surface area (Å²) in [4.78, 5) is 10.2. The van der Waals surface area contributed by atoms with Crippen molar-refractivity contribution in [1.82, 2.24) is 4.57 Å². The molecule has 3 nitrogen and oxygen atoms in total. The first-order valence-electron chi connectivity index (χ1n) is 2.54. The van der Waals surface area contributed by atoms with E-state index in [0.29, 0.717) is 0 Å². The van der Waals surface area contributed by atoms with Gasteiger partial charge in [-0.05, 0) is 12.1 Å². The molecule has 0 saturated heterocycles. The maximum Gasteiger partial charge on any atom is 0.0880 e. The maximum atomic E-state index is 10.2. The zero-order valence-electron chi connectivity index (χ0n) is 5.00. The Morgan fingerprint density at radius 3 is 2.67 bits per heavy atom. The highest BCUT2D eigenvalue weighted by Crippen LogP contribution is 1.95. The minimum absolute atomic E-state index is 0.204. The summed E-state index contributed by atoms with van der Waals surface area (Å²) in [6.07, 6.45) is 1.66. The standard InChI is InChI=1S/C6H7NO2/c1-7-4-2-3-5(7)6(8)9/h2-4H,1H3,(H,8,9)/p-1. The summed E-state index contributed by atoms with van der Waals surface area (Å²) in [5.74, 6) is -1.14. The normalized spacial score (nSPS) is 9.44. The van der Waals surface area contributed by atoms with Crippen LogP contribution in [0.2, 0.25) is 0 Å². The first-order valence-corrected chi connectivity index (χ1v) is 2.54. The molecule has 48 valence electrons. The number of carboxylic acids is 1. The van der Waals surface area contributed by atoms with Crippen molar-refractivity contribution in [2.75, 3.05) is 0 Å². The zero-order chi connectivity index (χ0) is 6.85. The van der Waals surface area contributed by atoms with Gasteiger partial charge in [-0.3, -0.25) is 0 Å². The van der Waals surface area contributed by atoms with Gasteiger partial charge in [-0.25, -0.2) is 0 Å². The van der Waals surface area contributed by atoms with E-state index in [9.17, 15) is 9.90 Å². The average molecular weight is 124 g/mol. The van der Waals surface area contributed by atoms with E-state index >= 15 is 0 Å². The summed E-state index contributed by atoms with van der Waals surface area (Å²) < 4.78 is 1.50. The summed E-state index contributed by atoms with van der Waals surface area (Å²) in [5.41, 5.74) is 0.204. The number of nitrogens with zero attached hydrogens (tertiary/aromatic N) is 1. The number of aromatic carboxylic acids is 1. The van der Waals surface area contributed by atoms with Crippen molar-refractivity contribution in [1.29, 1.82) is 0 Å². The molecule has 0 aromatic carbocycles. The minimum Gasteiger partial charge on any atom is -0.543 e. The lowest BCUT2D eigenvalue weighted by molar-refractivity contribution is -0.255. The minimum atomic E-state index is -1.14. The van der Waals surface area contributed by atoms with Crippen molar-refractivity contribution in [3.8, 4) is 0 Å². The van der Waals surface area contributed by atoms with Crippen LogP contribution < -0.4 is 5.11 Å². The zero-order valence-corrected chi connectivity index (χ0v) is 5.00. The van der Waals surface area contributed by atoms with E-state index in [1.54, 1.807) is 19.3 Å². The molecule has 1 rings (SSSR count). The largest absolute Gasteiger partial charge is 0.543 e. The third kappa shape index (κ3) is 0.937. The van der Waals surface area contributed by atoms with Crippen molar-refractivity contribution in [2.45, 2.75) is 0 Å². The van der Waals surface area contributed by atoms with Crippen LogP contribution in [0.15, 0.2) is 18.3 Å². The highest BCUT2D eigenvalue weighted by molar-refractivity contribution is 5.83. The first kappa shape index (κ1) is 5.88. The van der Waals surface area contributed by atoms with Crippen molar-refractivity contribution in [3.05, 3.63) is 24.0 Å². The van der Waals surface area contributed by atoms with Crippen LogP contribution in [-0.2, 0) is 7.05 Å². The Morgan fingerprint density at radius 1 is 1.78 bits per heavy atom. The SMILES string of the molecule is Cn1cccc1C(=O)[O-]. The molecule has 9 heavy (non-hydrogen) atoms. The Kier molecular flexibility index (Phi) is 1.26. The summed E-state index contributed by atoms with van der Waals surface area (Å²) in [7, 11) is 1.66. The highest BCUT2D eigenvalue weighted by atomic mass is 16.4. The van der Waals surface area contributed by atoms with Gasteiger partial charge in [0.05, 0.1) is 11.7 Å². The fourth-order valence-electron chi connectivity index (χ4n) is 0.673. The number of aromatic nitrogens is 1. The molecular formula is C6H6NO2-. The second-order valence-electron chi connectivity index (χ2n) is 1.79. The van der Waals surface area contributed by atoms with Gasteiger partial charge in [0.1, 0.15) is 0 Å². The van der Waals surface area contributed by atoms with Crippen LogP contribution in [0.4, 0.5) is 0 Å². The van der Waals surface area contributed by atoms with Gasteiger partial charge in [-0.15, -0.1) is 0 Å². The molecule has 3 heteroatoms. The third-order valence-electron chi connectivity index (χ3n) is 1.15. The molecule has 0 amide bonds. The number of carbonyl (C=O) groups excluding carboxylic acids is 1. The monoisotopic (exact) mass is 124 g/mol. The van der Waals surface area contributed by atoms with Crippen molar-refractivity contribution < 1.29 is 9.90 Å². The summed E-state index contributed by atoms with van der Waals surface area (Å²) in [6, 6.07) is 3.15. The topological polar surface area (TPSA) is 45.1 Å². The molecule has 0 bridgehead atoms. The molecule has 1 aromatic heterocycles. The van der Waals surface area contributed by atoms with Crippen LogP contribution in [0.3, 0.4) is 0 Å². The van der Waals surface area contributed by atoms with E-state index in [4.69, 9.17) is 0 Å². The van der Waals surface area contributed by atoms with Crippen LogP contribution in [0.1, 0.15) is 10.5 Å². The highest BCUT2D eigenvalue weighted by Gasteiger charge is 1.93. The molecule has 0 aliphatic carbocycles. The van der Waals surface area contributed by atoms with E-state index in [1.807, 2.05) is 0 Å². The van der Waals surface area contributed by atoms with Gasteiger partial charge in [0.15, 0.2) is 0 Å². The van der Waals surface area contributed by atoms with Crippen molar-refractivity contribution in [2.24, 2.45) is 7.05 Å². The average Bonchev–Trinajstić information content (AvgIpc) is 2.13. The fourth-order valence-corrected chi connectivity index (χ4v) is 0.673. The Hall–Kier alpha value is -1.25. The van der Waals surface area contributed by atoms with Gasteiger partial charge in [0, 0.05) is 13.2 Å². The summed E-state index contributed by atoms with van der Waals surface area (Å²) >= 11 is 0. The number of hydrogen-bond donors (Lipinski definition) is 0. The molecule has 0 spiro atoms. The first-order chi connectivity index (χ1) is 4.22. The predicted octanol–water partition coefficient (Wildman–Crippen LogP) is -0.611. The molecule has 1 heterocycles. The van der Waals surface area contributed by atoms with Crippen LogP contribution >= 0.6 is 0 Å². The number of hydrogen-bond acceptors (Lipinski definition) is 2. The second kappa shape index (κ2) is 1.93. The fraction of sp³-hybridized carbons (Fsp3) is 0.167. The van der Waals surface area contributed by atoms with Crippen LogP contribution in [0.5, 0.6) is 0 Å². The lowest BCUT2D eigenvalue weighted by Crippen LogP contribution is -2.24. The summed E-state index contributed by atoms with van der Waals surface area (Å²) in [5, 5.41) is 10.2. The van der Waals surface area contributed by atoms with Gasteiger partial charge in [0.2, 0.25) is 0 Å². The van der Waals surface area contributed by atoms with Crippen molar-refractivity contribution in [3.63, 3.8) is 0 Å².